The molecule has 1 aromatic rings. The van der Waals surface area contributed by atoms with Crippen molar-refractivity contribution in [2.24, 2.45) is 0 Å². The average Bonchev–Trinajstić information content (AvgIpc) is 2.24. The van der Waals surface area contributed by atoms with E-state index in [2.05, 4.69) is 9.72 Å². The number of rotatable bonds is 4. The summed E-state index contributed by atoms with van der Waals surface area (Å²) in [7, 11) is 0. The van der Waals surface area contributed by atoms with E-state index < -0.39 is 18.8 Å². The zero-order chi connectivity index (χ0) is 12.9. The second-order valence-corrected chi connectivity index (χ2v) is 3.01. The zero-order valence-electron chi connectivity index (χ0n) is 8.44. The van der Waals surface area contributed by atoms with Gasteiger partial charge in [0.2, 0.25) is 5.88 Å². The first-order valence-corrected chi connectivity index (χ1v) is 4.43. The highest BCUT2D eigenvalue weighted by Crippen LogP contribution is 2.17. The summed E-state index contributed by atoms with van der Waals surface area (Å²) in [6.45, 7) is -1.41. The van der Waals surface area contributed by atoms with Crippen LogP contribution in [-0.4, -0.2) is 28.8 Å². The van der Waals surface area contributed by atoms with Gasteiger partial charge in [-0.1, -0.05) is 0 Å². The number of pyridine rings is 1. The number of hydrogen-bond acceptors (Lipinski definition) is 3. The molecular formula is C10H8F3NO3. The van der Waals surface area contributed by atoms with Gasteiger partial charge in [0.05, 0.1) is 0 Å². The smallest absolute Gasteiger partial charge is 0.422 e. The van der Waals surface area contributed by atoms with Crippen LogP contribution in [0.4, 0.5) is 13.2 Å². The molecule has 0 aliphatic rings. The maximum atomic E-state index is 11.8. The first kappa shape index (κ1) is 13.0. The molecule has 0 aliphatic heterocycles. The van der Waals surface area contributed by atoms with Crippen LogP contribution in [0, 0.1) is 0 Å². The van der Waals surface area contributed by atoms with E-state index in [1.807, 2.05) is 0 Å². The molecule has 0 aliphatic carbocycles. The number of alkyl halides is 3. The number of halogens is 3. The molecule has 1 rings (SSSR count). The lowest BCUT2D eigenvalue weighted by atomic mass is 10.2. The van der Waals surface area contributed by atoms with Crippen molar-refractivity contribution in [3.63, 3.8) is 0 Å². The summed E-state index contributed by atoms with van der Waals surface area (Å²) >= 11 is 0. The van der Waals surface area contributed by atoms with Crippen molar-refractivity contribution in [2.75, 3.05) is 6.61 Å². The minimum atomic E-state index is -4.41. The van der Waals surface area contributed by atoms with E-state index in [1.165, 1.54) is 24.4 Å². The molecule has 1 heterocycles. The first-order chi connectivity index (χ1) is 7.87. The molecule has 0 fully saturated rings. The van der Waals surface area contributed by atoms with Gasteiger partial charge in [0.25, 0.3) is 0 Å². The number of carboxylic acids is 1. The fourth-order valence-electron chi connectivity index (χ4n) is 0.899. The van der Waals surface area contributed by atoms with Gasteiger partial charge in [-0.2, -0.15) is 13.2 Å². The van der Waals surface area contributed by atoms with E-state index in [-0.39, 0.29) is 5.88 Å². The first-order valence-electron chi connectivity index (χ1n) is 4.43. The van der Waals surface area contributed by atoms with Gasteiger partial charge in [-0.05, 0) is 17.7 Å². The number of carbonyl (C=O) groups is 1. The number of ether oxygens (including phenoxy) is 1. The largest absolute Gasteiger partial charge is 0.478 e. The zero-order valence-corrected chi connectivity index (χ0v) is 8.44. The van der Waals surface area contributed by atoms with Gasteiger partial charge >= 0.3 is 12.1 Å². The summed E-state index contributed by atoms with van der Waals surface area (Å²) in [5.41, 5.74) is 0.451. The highest BCUT2D eigenvalue weighted by Gasteiger charge is 2.28. The molecule has 0 amide bonds. The molecule has 1 aromatic heterocycles. The molecule has 0 saturated carbocycles. The van der Waals surface area contributed by atoms with Gasteiger partial charge < -0.3 is 9.84 Å². The molecule has 0 atom stereocenters. The summed E-state index contributed by atoms with van der Waals surface area (Å²) in [5, 5.41) is 8.35. The molecule has 0 radical (unpaired) electrons. The fraction of sp³-hybridized carbons (Fsp3) is 0.200. The molecule has 1 N–H and O–H groups in total. The summed E-state index contributed by atoms with van der Waals surface area (Å²) < 4.78 is 39.8. The van der Waals surface area contributed by atoms with Crippen molar-refractivity contribution < 1.29 is 27.8 Å². The van der Waals surface area contributed by atoms with Crippen LogP contribution >= 0.6 is 0 Å². The summed E-state index contributed by atoms with van der Waals surface area (Å²) in [5.74, 6) is -1.29. The molecule has 0 unspecified atom stereocenters. The Morgan fingerprint density at radius 2 is 2.18 bits per heavy atom. The van der Waals surface area contributed by atoms with Crippen LogP contribution in [-0.2, 0) is 4.79 Å². The monoisotopic (exact) mass is 247 g/mol. The predicted octanol–water partition coefficient (Wildman–Crippen LogP) is 2.12. The van der Waals surface area contributed by atoms with Gasteiger partial charge in [0.15, 0.2) is 6.61 Å². The van der Waals surface area contributed by atoms with Crippen molar-refractivity contribution in [1.82, 2.24) is 4.98 Å². The SMILES string of the molecule is O=C(O)C=Cc1ccc(OCC(F)(F)F)nc1. The Labute approximate surface area is 94.4 Å². The van der Waals surface area contributed by atoms with E-state index >= 15 is 0 Å². The number of aliphatic carboxylic acids is 1. The second kappa shape index (κ2) is 5.33. The average molecular weight is 247 g/mol. The van der Waals surface area contributed by atoms with Crippen molar-refractivity contribution in [2.45, 2.75) is 6.18 Å². The second-order valence-electron chi connectivity index (χ2n) is 3.01. The van der Waals surface area contributed by atoms with Crippen LogP contribution in [0.25, 0.3) is 6.08 Å². The van der Waals surface area contributed by atoms with E-state index in [9.17, 15) is 18.0 Å². The molecule has 0 aromatic carbocycles. The van der Waals surface area contributed by atoms with Crippen molar-refractivity contribution in [3.8, 4) is 5.88 Å². The molecule has 0 spiro atoms. The number of nitrogens with zero attached hydrogens (tertiary/aromatic N) is 1. The van der Waals surface area contributed by atoms with Crippen LogP contribution in [0.15, 0.2) is 24.4 Å². The minimum absolute atomic E-state index is 0.171. The van der Waals surface area contributed by atoms with Gasteiger partial charge in [0, 0.05) is 18.3 Å². The Hall–Kier alpha value is -2.05. The normalized spacial score (nSPS) is 11.7. The molecule has 0 saturated heterocycles. The summed E-state index contributed by atoms with van der Waals surface area (Å²) in [4.78, 5) is 13.8. The predicted molar refractivity (Wildman–Crippen MR) is 52.5 cm³/mol. The maximum Gasteiger partial charge on any atom is 0.422 e. The van der Waals surface area contributed by atoms with E-state index in [0.29, 0.717) is 5.56 Å². The van der Waals surface area contributed by atoms with Gasteiger partial charge in [-0.15, -0.1) is 0 Å². The molecular weight excluding hydrogens is 239 g/mol. The van der Waals surface area contributed by atoms with Crippen LogP contribution in [0.1, 0.15) is 5.56 Å². The van der Waals surface area contributed by atoms with E-state index in [4.69, 9.17) is 5.11 Å². The number of carboxylic acid groups (broad SMARTS) is 1. The topological polar surface area (TPSA) is 59.4 Å². The standard InChI is InChI=1S/C10H8F3NO3/c11-10(12,13)6-17-8-3-1-7(5-14-8)2-4-9(15)16/h1-5H,6H2,(H,15,16). The highest BCUT2D eigenvalue weighted by atomic mass is 19.4. The lowest BCUT2D eigenvalue weighted by Crippen LogP contribution is -2.19. The Bertz CT molecular complexity index is 412. The Morgan fingerprint density at radius 3 is 2.65 bits per heavy atom. The molecule has 4 nitrogen and oxygen atoms in total. The third kappa shape index (κ3) is 5.55. The van der Waals surface area contributed by atoms with Gasteiger partial charge in [-0.3, -0.25) is 0 Å². The maximum absolute atomic E-state index is 11.8. The van der Waals surface area contributed by atoms with Crippen LogP contribution in [0.5, 0.6) is 5.88 Å². The van der Waals surface area contributed by atoms with Crippen LogP contribution < -0.4 is 4.74 Å². The Morgan fingerprint density at radius 1 is 1.47 bits per heavy atom. The molecule has 17 heavy (non-hydrogen) atoms. The lowest BCUT2D eigenvalue weighted by Gasteiger charge is -2.07. The quantitative estimate of drug-likeness (QED) is 0.828. The Kier molecular flexibility index (Phi) is 4.08. The van der Waals surface area contributed by atoms with E-state index in [0.717, 1.165) is 6.08 Å². The van der Waals surface area contributed by atoms with E-state index in [1.54, 1.807) is 0 Å². The third-order valence-corrected chi connectivity index (χ3v) is 1.56. The third-order valence-electron chi connectivity index (χ3n) is 1.56. The van der Waals surface area contributed by atoms with Gasteiger partial charge in [0.1, 0.15) is 0 Å². The summed E-state index contributed by atoms with van der Waals surface area (Å²) in [6, 6.07) is 2.63. The fourth-order valence-corrected chi connectivity index (χ4v) is 0.899. The highest BCUT2D eigenvalue weighted by molar-refractivity contribution is 5.85. The van der Waals surface area contributed by atoms with Crippen molar-refractivity contribution in [1.29, 1.82) is 0 Å². The van der Waals surface area contributed by atoms with Crippen molar-refractivity contribution >= 4 is 12.0 Å². The Balaban J connectivity index is 2.59. The molecule has 92 valence electrons. The van der Waals surface area contributed by atoms with Crippen LogP contribution in [0.2, 0.25) is 0 Å². The number of aromatic nitrogens is 1. The molecule has 0 bridgehead atoms. The lowest BCUT2D eigenvalue weighted by molar-refractivity contribution is -0.154. The van der Waals surface area contributed by atoms with Crippen molar-refractivity contribution in [3.05, 3.63) is 30.0 Å². The number of hydrogen-bond donors (Lipinski definition) is 1. The van der Waals surface area contributed by atoms with Gasteiger partial charge in [-0.25, -0.2) is 9.78 Å². The molecule has 7 heteroatoms. The summed E-state index contributed by atoms with van der Waals surface area (Å²) in [6.07, 6.45) is -1.04. The van der Waals surface area contributed by atoms with Crippen LogP contribution in [0.3, 0.4) is 0 Å². The minimum Gasteiger partial charge on any atom is -0.478 e.